The number of hydrogen-bond donors (Lipinski definition) is 2. The molecule has 0 aromatic heterocycles. The third-order valence-corrected chi connectivity index (χ3v) is 4.59. The van der Waals surface area contributed by atoms with Crippen molar-refractivity contribution >= 4 is 19.3 Å². The molecular formula is C14H23N2O4P. The first-order chi connectivity index (χ1) is 10.0. The van der Waals surface area contributed by atoms with Gasteiger partial charge >= 0.3 is 7.75 Å². The van der Waals surface area contributed by atoms with Crippen molar-refractivity contribution in [3.63, 3.8) is 0 Å². The van der Waals surface area contributed by atoms with Crippen LogP contribution in [0.5, 0.6) is 0 Å². The molecule has 0 spiro atoms. The Balaban J connectivity index is 2.76. The van der Waals surface area contributed by atoms with E-state index in [1.807, 2.05) is 25.1 Å². The Bertz CT molecular complexity index is 473. The maximum absolute atomic E-state index is 12.3. The molecule has 1 rings (SSSR count). The van der Waals surface area contributed by atoms with Crippen LogP contribution in [0, 0.1) is 0 Å². The summed E-state index contributed by atoms with van der Waals surface area (Å²) in [5.74, 6) is -0.260. The van der Waals surface area contributed by atoms with E-state index in [0.29, 0.717) is 12.1 Å². The van der Waals surface area contributed by atoms with Gasteiger partial charge in [-0.3, -0.25) is 4.79 Å². The molecule has 1 atom stereocenters. The van der Waals surface area contributed by atoms with Gasteiger partial charge in [-0.1, -0.05) is 38.0 Å². The van der Waals surface area contributed by atoms with Crippen molar-refractivity contribution in [2.75, 3.05) is 19.5 Å². The van der Waals surface area contributed by atoms with Crippen LogP contribution in [0.1, 0.15) is 26.2 Å². The van der Waals surface area contributed by atoms with E-state index < -0.39 is 13.8 Å². The number of amides is 1. The Morgan fingerprint density at radius 2 is 1.86 bits per heavy atom. The average Bonchev–Trinajstić information content (AvgIpc) is 2.52. The molecule has 1 unspecified atom stereocenters. The Morgan fingerprint density at radius 3 is 2.38 bits per heavy atom. The summed E-state index contributed by atoms with van der Waals surface area (Å²) in [7, 11) is -0.885. The van der Waals surface area contributed by atoms with Gasteiger partial charge in [0.25, 0.3) is 0 Å². The van der Waals surface area contributed by atoms with Crippen LogP contribution in [0.3, 0.4) is 0 Å². The van der Waals surface area contributed by atoms with Gasteiger partial charge in [-0.2, -0.15) is 0 Å². The van der Waals surface area contributed by atoms with Crippen LogP contribution in [0.2, 0.25) is 0 Å². The zero-order valence-corrected chi connectivity index (χ0v) is 13.6. The molecule has 0 aliphatic carbocycles. The highest BCUT2D eigenvalue weighted by molar-refractivity contribution is 7.51. The van der Waals surface area contributed by atoms with Crippen molar-refractivity contribution in [3.8, 4) is 0 Å². The van der Waals surface area contributed by atoms with Crippen LogP contribution in [-0.4, -0.2) is 26.2 Å². The third kappa shape index (κ3) is 5.98. The number of carbonyl (C=O) groups excluding carboxylic acids is 1. The molecule has 1 aromatic rings. The van der Waals surface area contributed by atoms with E-state index in [0.717, 1.165) is 12.8 Å². The first kappa shape index (κ1) is 17.9. The molecule has 0 aliphatic heterocycles. The monoisotopic (exact) mass is 314 g/mol. The molecule has 1 amide bonds. The molecule has 1 aromatic carbocycles. The van der Waals surface area contributed by atoms with Crippen molar-refractivity contribution < 1.29 is 18.4 Å². The van der Waals surface area contributed by atoms with Crippen molar-refractivity contribution in [1.29, 1.82) is 0 Å². The standard InChI is InChI=1S/C14H23N2O4P/c1-4-5-11-13(16-21(18,19-2)20-3)14(17)15-12-9-7-6-8-10-12/h6-10,13H,4-5,11H2,1-3H3,(H,15,17)(H,16,18). The molecule has 118 valence electrons. The predicted octanol–water partition coefficient (Wildman–Crippen LogP) is 3.17. The van der Waals surface area contributed by atoms with Gasteiger partial charge < -0.3 is 14.4 Å². The lowest BCUT2D eigenvalue weighted by Crippen LogP contribution is -2.39. The minimum Gasteiger partial charge on any atom is -0.325 e. The lowest BCUT2D eigenvalue weighted by molar-refractivity contribution is -0.118. The second kappa shape index (κ2) is 8.95. The topological polar surface area (TPSA) is 76.7 Å². The molecule has 6 nitrogen and oxygen atoms in total. The SMILES string of the molecule is CCCCC(NP(=O)(OC)OC)C(=O)Nc1ccccc1. The maximum Gasteiger partial charge on any atom is 0.405 e. The van der Waals surface area contributed by atoms with Crippen molar-refractivity contribution in [2.45, 2.75) is 32.2 Å². The molecule has 0 fully saturated rings. The normalized spacial score (nSPS) is 12.9. The van der Waals surface area contributed by atoms with Gasteiger partial charge in [0.05, 0.1) is 6.04 Å². The van der Waals surface area contributed by atoms with E-state index in [9.17, 15) is 9.36 Å². The van der Waals surface area contributed by atoms with Crippen molar-refractivity contribution in [1.82, 2.24) is 5.09 Å². The van der Waals surface area contributed by atoms with E-state index in [1.165, 1.54) is 14.2 Å². The number of rotatable bonds is 9. The molecule has 21 heavy (non-hydrogen) atoms. The van der Waals surface area contributed by atoms with Crippen LogP contribution < -0.4 is 10.4 Å². The fourth-order valence-electron chi connectivity index (χ4n) is 1.78. The fourth-order valence-corrected chi connectivity index (χ4v) is 2.77. The van der Waals surface area contributed by atoms with Gasteiger partial charge in [0.15, 0.2) is 0 Å². The van der Waals surface area contributed by atoms with Crippen LogP contribution in [-0.2, 0) is 18.4 Å². The Labute approximate surface area is 125 Å². The first-order valence-electron chi connectivity index (χ1n) is 6.90. The summed E-state index contributed by atoms with van der Waals surface area (Å²) >= 11 is 0. The van der Waals surface area contributed by atoms with E-state index >= 15 is 0 Å². The van der Waals surface area contributed by atoms with Crippen molar-refractivity contribution in [2.24, 2.45) is 0 Å². The number of anilines is 1. The number of nitrogens with one attached hydrogen (secondary N) is 2. The molecular weight excluding hydrogens is 291 g/mol. The second-order valence-electron chi connectivity index (χ2n) is 4.54. The van der Waals surface area contributed by atoms with E-state index in [-0.39, 0.29) is 5.91 Å². The number of unbranched alkanes of at least 4 members (excludes halogenated alkanes) is 1. The lowest BCUT2D eigenvalue weighted by atomic mass is 10.1. The minimum absolute atomic E-state index is 0.260. The average molecular weight is 314 g/mol. The molecule has 0 aliphatic rings. The van der Waals surface area contributed by atoms with E-state index in [1.54, 1.807) is 12.1 Å². The quantitative estimate of drug-likeness (QED) is 0.685. The minimum atomic E-state index is -3.45. The fraction of sp³-hybridized carbons (Fsp3) is 0.500. The van der Waals surface area contributed by atoms with Gasteiger partial charge in [-0.15, -0.1) is 0 Å². The maximum atomic E-state index is 12.3. The first-order valence-corrected chi connectivity index (χ1v) is 8.44. The Morgan fingerprint density at radius 1 is 1.24 bits per heavy atom. The number of para-hydroxylation sites is 1. The third-order valence-electron chi connectivity index (χ3n) is 3.00. The zero-order chi connectivity index (χ0) is 15.7. The highest BCUT2D eigenvalue weighted by atomic mass is 31.2. The summed E-state index contributed by atoms with van der Waals surface area (Å²) in [4.78, 5) is 12.3. The van der Waals surface area contributed by atoms with Crippen LogP contribution in [0.4, 0.5) is 5.69 Å². The molecule has 0 bridgehead atoms. The summed E-state index contributed by atoms with van der Waals surface area (Å²) in [5.41, 5.74) is 0.690. The molecule has 0 heterocycles. The highest BCUT2D eigenvalue weighted by Gasteiger charge is 2.29. The summed E-state index contributed by atoms with van der Waals surface area (Å²) in [6, 6.07) is 8.48. The predicted molar refractivity (Wildman–Crippen MR) is 83.1 cm³/mol. The van der Waals surface area contributed by atoms with Gasteiger partial charge in [0.2, 0.25) is 5.91 Å². The molecule has 7 heteroatoms. The van der Waals surface area contributed by atoms with Crippen molar-refractivity contribution in [3.05, 3.63) is 30.3 Å². The van der Waals surface area contributed by atoms with Gasteiger partial charge in [-0.05, 0) is 18.6 Å². The van der Waals surface area contributed by atoms with Crippen LogP contribution >= 0.6 is 7.75 Å². The Kier molecular flexibility index (Phi) is 7.61. The van der Waals surface area contributed by atoms with E-state index in [4.69, 9.17) is 9.05 Å². The summed E-state index contributed by atoms with van der Waals surface area (Å²) < 4.78 is 21.8. The van der Waals surface area contributed by atoms with E-state index in [2.05, 4.69) is 10.4 Å². The van der Waals surface area contributed by atoms with Gasteiger partial charge in [0.1, 0.15) is 0 Å². The Hall–Kier alpha value is -1.20. The van der Waals surface area contributed by atoms with Gasteiger partial charge in [-0.25, -0.2) is 9.65 Å². The molecule has 0 saturated carbocycles. The largest absolute Gasteiger partial charge is 0.405 e. The number of benzene rings is 1. The van der Waals surface area contributed by atoms with Crippen LogP contribution in [0.15, 0.2) is 30.3 Å². The van der Waals surface area contributed by atoms with Crippen LogP contribution in [0.25, 0.3) is 0 Å². The second-order valence-corrected chi connectivity index (χ2v) is 6.53. The summed E-state index contributed by atoms with van der Waals surface area (Å²) in [6.45, 7) is 2.03. The summed E-state index contributed by atoms with van der Waals surface area (Å²) in [6.07, 6.45) is 2.31. The van der Waals surface area contributed by atoms with Gasteiger partial charge in [0, 0.05) is 19.9 Å². The summed E-state index contributed by atoms with van der Waals surface area (Å²) in [5, 5.41) is 5.47. The molecule has 0 radical (unpaired) electrons. The molecule has 0 saturated heterocycles. The zero-order valence-electron chi connectivity index (χ0n) is 12.7. The number of hydrogen-bond acceptors (Lipinski definition) is 4. The highest BCUT2D eigenvalue weighted by Crippen LogP contribution is 2.42. The molecule has 2 N–H and O–H groups in total. The lowest BCUT2D eigenvalue weighted by Gasteiger charge is -2.22. The smallest absolute Gasteiger partial charge is 0.325 e. The number of carbonyl (C=O) groups is 1.